The van der Waals surface area contributed by atoms with E-state index in [9.17, 15) is 17.8 Å². The van der Waals surface area contributed by atoms with E-state index in [4.69, 9.17) is 4.42 Å². The van der Waals surface area contributed by atoms with Gasteiger partial charge >= 0.3 is 5.63 Å². The molecule has 0 atom stereocenters. The predicted octanol–water partition coefficient (Wildman–Crippen LogP) is 3.36. The van der Waals surface area contributed by atoms with E-state index in [0.29, 0.717) is 10.4 Å². The van der Waals surface area contributed by atoms with Crippen molar-refractivity contribution in [2.75, 3.05) is 12.4 Å². The molecule has 0 radical (unpaired) electrons. The van der Waals surface area contributed by atoms with Gasteiger partial charge in [-0.1, -0.05) is 12.1 Å². The second-order valence-electron chi connectivity index (χ2n) is 5.55. The summed E-state index contributed by atoms with van der Waals surface area (Å²) in [5, 5.41) is 3.51. The molecule has 0 fully saturated rings. The average molecular weight is 388 g/mol. The van der Waals surface area contributed by atoms with E-state index in [2.05, 4.69) is 10.3 Å². The fraction of sp³-hybridized carbons (Fsp3) is 0.0588. The van der Waals surface area contributed by atoms with Gasteiger partial charge < -0.3 is 9.73 Å². The van der Waals surface area contributed by atoms with E-state index in [-0.39, 0.29) is 21.7 Å². The molecule has 7 nitrogen and oxygen atoms in total. The van der Waals surface area contributed by atoms with Crippen LogP contribution in [0.1, 0.15) is 0 Å². The Hall–Kier alpha value is -2.75. The van der Waals surface area contributed by atoms with E-state index in [1.54, 1.807) is 0 Å². The van der Waals surface area contributed by atoms with E-state index in [1.165, 1.54) is 36.6 Å². The Balaban J connectivity index is 1.99. The van der Waals surface area contributed by atoms with Gasteiger partial charge in [-0.15, -0.1) is 11.3 Å². The molecule has 0 bridgehead atoms. The lowest BCUT2D eigenvalue weighted by Crippen LogP contribution is -2.06. The Morgan fingerprint density at radius 1 is 1.19 bits per heavy atom. The van der Waals surface area contributed by atoms with Crippen LogP contribution in [0.3, 0.4) is 0 Å². The van der Waals surface area contributed by atoms with Crippen LogP contribution in [0.15, 0.2) is 56.6 Å². The van der Waals surface area contributed by atoms with Gasteiger partial charge in [-0.25, -0.2) is 9.78 Å². The Morgan fingerprint density at radius 3 is 2.65 bits per heavy atom. The summed E-state index contributed by atoms with van der Waals surface area (Å²) >= 11 is 1.34. The van der Waals surface area contributed by atoms with Gasteiger partial charge in [0.1, 0.15) is 15.5 Å². The molecule has 0 saturated heterocycles. The fourth-order valence-corrected chi connectivity index (χ4v) is 4.38. The van der Waals surface area contributed by atoms with Crippen molar-refractivity contribution < 1.29 is 17.4 Å². The molecule has 2 heterocycles. The van der Waals surface area contributed by atoms with Crippen molar-refractivity contribution in [2.45, 2.75) is 4.90 Å². The van der Waals surface area contributed by atoms with Gasteiger partial charge in [0, 0.05) is 18.5 Å². The van der Waals surface area contributed by atoms with Gasteiger partial charge in [0.05, 0.1) is 21.5 Å². The molecule has 0 aliphatic carbocycles. The first-order chi connectivity index (χ1) is 12.4. The molecule has 4 rings (SSSR count). The molecule has 0 aliphatic rings. The summed E-state index contributed by atoms with van der Waals surface area (Å²) in [6.45, 7) is 0. The Morgan fingerprint density at radius 2 is 1.96 bits per heavy atom. The SMILES string of the molecule is CNc1cc2oc(=O)c(-c3nc4ccccc4s3)cc2cc1S(=O)(=O)O. The molecule has 2 aromatic carbocycles. The average Bonchev–Trinajstić information content (AvgIpc) is 3.03. The normalized spacial score (nSPS) is 11.9. The standard InChI is InChI=1S/C17H12N2O5S2/c1-18-12-8-13-9(7-15(12)26(21,22)23)6-10(17(20)24-13)16-19-11-4-2-3-5-14(11)25-16/h2-8,18H,1H3,(H,21,22,23). The third kappa shape index (κ3) is 2.75. The molecule has 4 aromatic rings. The zero-order chi connectivity index (χ0) is 18.5. The minimum absolute atomic E-state index is 0.135. The van der Waals surface area contributed by atoms with Crippen LogP contribution in [0.2, 0.25) is 0 Å². The van der Waals surface area contributed by atoms with Crippen molar-refractivity contribution in [1.29, 1.82) is 0 Å². The number of anilines is 1. The fourth-order valence-electron chi connectivity index (χ4n) is 2.69. The topological polar surface area (TPSA) is 110 Å². The smallest absolute Gasteiger partial charge is 0.346 e. The van der Waals surface area contributed by atoms with Crippen molar-refractivity contribution in [3.63, 3.8) is 0 Å². The summed E-state index contributed by atoms with van der Waals surface area (Å²) in [6.07, 6.45) is 0. The number of para-hydroxylation sites is 1. The second-order valence-corrected chi connectivity index (χ2v) is 7.97. The van der Waals surface area contributed by atoms with Crippen LogP contribution in [-0.2, 0) is 10.1 Å². The third-order valence-corrected chi connectivity index (χ3v) is 5.87. The lowest BCUT2D eigenvalue weighted by Gasteiger charge is -2.08. The van der Waals surface area contributed by atoms with Crippen molar-refractivity contribution in [1.82, 2.24) is 4.98 Å². The highest BCUT2D eigenvalue weighted by molar-refractivity contribution is 7.86. The highest BCUT2D eigenvalue weighted by Gasteiger charge is 2.19. The quantitative estimate of drug-likeness (QED) is 0.409. The molecular formula is C17H12N2O5S2. The molecule has 2 N–H and O–H groups in total. The number of fused-ring (bicyclic) bond motifs is 2. The second kappa shape index (κ2) is 5.90. The molecule has 0 amide bonds. The van der Waals surface area contributed by atoms with E-state index < -0.39 is 15.7 Å². The maximum atomic E-state index is 12.4. The first-order valence-electron chi connectivity index (χ1n) is 7.50. The predicted molar refractivity (Wildman–Crippen MR) is 100 cm³/mol. The maximum Gasteiger partial charge on any atom is 0.346 e. The van der Waals surface area contributed by atoms with Crippen LogP contribution in [0, 0.1) is 0 Å². The largest absolute Gasteiger partial charge is 0.422 e. The number of nitrogens with one attached hydrogen (secondary N) is 1. The zero-order valence-corrected chi connectivity index (χ0v) is 15.0. The highest BCUT2D eigenvalue weighted by atomic mass is 32.2. The highest BCUT2D eigenvalue weighted by Crippen LogP contribution is 2.32. The first kappa shape index (κ1) is 16.7. The van der Waals surface area contributed by atoms with E-state index in [1.807, 2.05) is 24.3 Å². The summed E-state index contributed by atoms with van der Waals surface area (Å²) in [6, 6.07) is 11.6. The Bertz CT molecular complexity index is 1290. The van der Waals surface area contributed by atoms with Gasteiger partial charge in [-0.05, 0) is 24.3 Å². The lowest BCUT2D eigenvalue weighted by molar-refractivity contribution is 0.483. The Kier molecular flexibility index (Phi) is 3.79. The van der Waals surface area contributed by atoms with Crippen LogP contribution in [-0.4, -0.2) is 25.0 Å². The molecular weight excluding hydrogens is 376 g/mol. The molecule has 0 saturated carbocycles. The maximum absolute atomic E-state index is 12.4. The molecule has 9 heteroatoms. The number of nitrogens with zero attached hydrogens (tertiary/aromatic N) is 1. The molecule has 2 aromatic heterocycles. The monoisotopic (exact) mass is 388 g/mol. The Labute approximate surface area is 151 Å². The van der Waals surface area contributed by atoms with Crippen LogP contribution in [0.25, 0.3) is 31.8 Å². The van der Waals surface area contributed by atoms with Gasteiger partial charge in [-0.3, -0.25) is 4.55 Å². The number of hydrogen-bond acceptors (Lipinski definition) is 7. The number of aromatic nitrogens is 1. The van der Waals surface area contributed by atoms with Gasteiger partial charge in [0.2, 0.25) is 0 Å². The molecule has 0 unspecified atom stereocenters. The molecule has 0 spiro atoms. The summed E-state index contributed by atoms with van der Waals surface area (Å²) in [5.74, 6) is 0. The van der Waals surface area contributed by atoms with Crippen LogP contribution < -0.4 is 10.9 Å². The number of rotatable bonds is 3. The van der Waals surface area contributed by atoms with Crippen molar-refractivity contribution in [3.05, 3.63) is 52.9 Å². The summed E-state index contributed by atoms with van der Waals surface area (Å²) < 4.78 is 38.9. The van der Waals surface area contributed by atoms with Gasteiger partial charge in [-0.2, -0.15) is 8.42 Å². The zero-order valence-electron chi connectivity index (χ0n) is 13.4. The van der Waals surface area contributed by atoms with Crippen LogP contribution in [0.5, 0.6) is 0 Å². The summed E-state index contributed by atoms with van der Waals surface area (Å²) in [7, 11) is -2.94. The third-order valence-electron chi connectivity index (χ3n) is 3.91. The number of hydrogen-bond donors (Lipinski definition) is 2. The molecule has 132 valence electrons. The van der Waals surface area contributed by atoms with Gasteiger partial charge in [0.15, 0.2) is 0 Å². The molecule has 0 aliphatic heterocycles. The minimum Gasteiger partial charge on any atom is -0.422 e. The summed E-state index contributed by atoms with van der Waals surface area (Å²) in [4.78, 5) is 16.5. The number of benzene rings is 2. The van der Waals surface area contributed by atoms with Crippen LogP contribution in [0.4, 0.5) is 5.69 Å². The van der Waals surface area contributed by atoms with Gasteiger partial charge in [0.25, 0.3) is 10.1 Å². The van der Waals surface area contributed by atoms with Crippen molar-refractivity contribution in [2.24, 2.45) is 0 Å². The minimum atomic E-state index is -4.44. The van der Waals surface area contributed by atoms with Crippen molar-refractivity contribution in [3.8, 4) is 10.6 Å². The summed E-state index contributed by atoms with van der Waals surface area (Å²) in [5.41, 5.74) is 0.763. The number of thiazole rings is 1. The van der Waals surface area contributed by atoms with Crippen molar-refractivity contribution >= 4 is 48.3 Å². The lowest BCUT2D eigenvalue weighted by atomic mass is 10.1. The molecule has 26 heavy (non-hydrogen) atoms. The van der Waals surface area contributed by atoms with E-state index >= 15 is 0 Å². The first-order valence-corrected chi connectivity index (χ1v) is 9.75. The van der Waals surface area contributed by atoms with Crippen LogP contribution >= 0.6 is 11.3 Å². The van der Waals surface area contributed by atoms with E-state index in [0.717, 1.165) is 10.2 Å².